The molecule has 0 aromatic heterocycles. The van der Waals surface area contributed by atoms with E-state index in [0.717, 1.165) is 5.56 Å². The zero-order valence-corrected chi connectivity index (χ0v) is 18.7. The molecule has 0 aliphatic rings. The Balaban J connectivity index is 2.16. The molecule has 162 valence electrons. The van der Waals surface area contributed by atoms with Crippen molar-refractivity contribution in [3.63, 3.8) is 0 Å². The highest BCUT2D eigenvalue weighted by molar-refractivity contribution is 7.92. The summed E-state index contributed by atoms with van der Waals surface area (Å²) in [6.45, 7) is 4.90. The zero-order chi connectivity index (χ0) is 22.3. The van der Waals surface area contributed by atoms with Crippen LogP contribution < -0.4 is 15.4 Å². The first-order chi connectivity index (χ1) is 14.1. The van der Waals surface area contributed by atoms with Crippen LogP contribution in [0.5, 0.6) is 0 Å². The molecule has 30 heavy (non-hydrogen) atoms. The van der Waals surface area contributed by atoms with E-state index < -0.39 is 16.1 Å². The van der Waals surface area contributed by atoms with Gasteiger partial charge in [-0.1, -0.05) is 36.7 Å². The molecule has 0 saturated heterocycles. The van der Waals surface area contributed by atoms with E-state index in [2.05, 4.69) is 15.4 Å². The van der Waals surface area contributed by atoms with Crippen LogP contribution in [0.1, 0.15) is 43.9 Å². The summed E-state index contributed by atoms with van der Waals surface area (Å²) in [7, 11) is -3.45. The molecular weight excluding hydrogens is 426 g/mol. The van der Waals surface area contributed by atoms with E-state index in [4.69, 9.17) is 11.6 Å². The highest BCUT2D eigenvalue weighted by atomic mass is 35.5. The SMILES string of the molecule is CCCS(=O)(=O)Nc1cccc(NC(=O)CC(NC(C)=O)c2ccc(Cl)cc2)c1C. The van der Waals surface area contributed by atoms with Crippen molar-refractivity contribution in [1.29, 1.82) is 0 Å². The van der Waals surface area contributed by atoms with Gasteiger partial charge in [-0.25, -0.2) is 8.42 Å². The molecule has 7 nitrogen and oxygen atoms in total. The Bertz CT molecular complexity index is 1010. The van der Waals surface area contributed by atoms with Crippen LogP contribution in [0.2, 0.25) is 5.02 Å². The Hall–Kier alpha value is -2.58. The number of nitrogens with one attached hydrogen (secondary N) is 3. The molecule has 9 heteroatoms. The number of carbonyl (C=O) groups excluding carboxylic acids is 2. The molecule has 0 aliphatic carbocycles. The number of rotatable bonds is 9. The summed E-state index contributed by atoms with van der Waals surface area (Å²) in [6.07, 6.45) is 0.506. The van der Waals surface area contributed by atoms with Gasteiger partial charge >= 0.3 is 0 Å². The third-order valence-electron chi connectivity index (χ3n) is 4.39. The summed E-state index contributed by atoms with van der Waals surface area (Å²) in [5, 5.41) is 6.13. The molecular formula is C21H26ClN3O4S. The fourth-order valence-corrected chi connectivity index (χ4v) is 4.27. The standard InChI is InChI=1S/C21H26ClN3O4S/c1-4-12-30(28,29)25-19-7-5-6-18(14(19)2)24-21(27)13-20(23-15(3)26)16-8-10-17(22)11-9-16/h5-11,20,25H,4,12-13H2,1-3H3,(H,23,26)(H,24,27). The van der Waals surface area contributed by atoms with Gasteiger partial charge in [-0.2, -0.15) is 0 Å². The van der Waals surface area contributed by atoms with Crippen molar-refractivity contribution in [1.82, 2.24) is 5.32 Å². The van der Waals surface area contributed by atoms with Gasteiger partial charge in [-0.3, -0.25) is 14.3 Å². The number of amides is 2. The van der Waals surface area contributed by atoms with E-state index in [1.165, 1.54) is 6.92 Å². The molecule has 2 rings (SSSR count). The molecule has 3 N–H and O–H groups in total. The van der Waals surface area contributed by atoms with Crippen LogP contribution in [0.4, 0.5) is 11.4 Å². The third-order valence-corrected chi connectivity index (χ3v) is 6.11. The van der Waals surface area contributed by atoms with Crippen molar-refractivity contribution in [2.45, 2.75) is 39.7 Å². The minimum atomic E-state index is -3.45. The molecule has 0 aliphatic heterocycles. The monoisotopic (exact) mass is 451 g/mol. The van der Waals surface area contributed by atoms with Crippen LogP contribution in [-0.2, 0) is 19.6 Å². The van der Waals surface area contributed by atoms with Crippen molar-refractivity contribution in [3.05, 3.63) is 58.6 Å². The molecule has 0 radical (unpaired) electrons. The first kappa shape index (κ1) is 23.7. The lowest BCUT2D eigenvalue weighted by Gasteiger charge is -2.19. The molecule has 2 aromatic rings. The Kier molecular flexibility index (Phi) is 8.25. The van der Waals surface area contributed by atoms with E-state index in [1.807, 2.05) is 0 Å². The normalized spacial score (nSPS) is 12.1. The van der Waals surface area contributed by atoms with E-state index in [1.54, 1.807) is 56.3 Å². The van der Waals surface area contributed by atoms with Crippen LogP contribution in [-0.4, -0.2) is 26.0 Å². The second kappa shape index (κ2) is 10.4. The Morgan fingerprint density at radius 1 is 1.07 bits per heavy atom. The summed E-state index contributed by atoms with van der Waals surface area (Å²) in [4.78, 5) is 24.3. The molecule has 1 unspecified atom stereocenters. The largest absolute Gasteiger partial charge is 0.349 e. The van der Waals surface area contributed by atoms with Crippen LogP contribution in [0.3, 0.4) is 0 Å². The second-order valence-corrected chi connectivity index (χ2v) is 9.23. The quantitative estimate of drug-likeness (QED) is 0.535. The van der Waals surface area contributed by atoms with Crippen molar-refractivity contribution in [2.24, 2.45) is 0 Å². The lowest BCUT2D eigenvalue weighted by molar-refractivity contribution is -0.120. The maximum atomic E-state index is 12.7. The van der Waals surface area contributed by atoms with Gasteiger partial charge < -0.3 is 10.6 Å². The Morgan fingerprint density at radius 2 is 1.70 bits per heavy atom. The third kappa shape index (κ3) is 7.03. The summed E-state index contributed by atoms with van der Waals surface area (Å²) < 4.78 is 26.7. The number of benzene rings is 2. The van der Waals surface area contributed by atoms with E-state index in [0.29, 0.717) is 28.4 Å². The maximum Gasteiger partial charge on any atom is 0.232 e. The molecule has 0 bridgehead atoms. The topological polar surface area (TPSA) is 104 Å². The molecule has 2 aromatic carbocycles. The highest BCUT2D eigenvalue weighted by Crippen LogP contribution is 2.26. The van der Waals surface area contributed by atoms with Gasteiger partial charge in [0.25, 0.3) is 0 Å². The lowest BCUT2D eigenvalue weighted by atomic mass is 10.0. The number of carbonyl (C=O) groups is 2. The summed E-state index contributed by atoms with van der Waals surface area (Å²) in [5.41, 5.74) is 2.27. The summed E-state index contributed by atoms with van der Waals surface area (Å²) in [6, 6.07) is 11.4. The minimum absolute atomic E-state index is 0.00639. The fourth-order valence-electron chi connectivity index (χ4n) is 2.95. The second-order valence-electron chi connectivity index (χ2n) is 6.96. The van der Waals surface area contributed by atoms with Crippen LogP contribution >= 0.6 is 11.6 Å². The highest BCUT2D eigenvalue weighted by Gasteiger charge is 2.19. The maximum absolute atomic E-state index is 12.7. The van der Waals surface area contributed by atoms with Crippen molar-refractivity contribution in [2.75, 3.05) is 15.8 Å². The number of anilines is 2. The average Bonchev–Trinajstić information content (AvgIpc) is 2.64. The van der Waals surface area contributed by atoms with E-state index >= 15 is 0 Å². The van der Waals surface area contributed by atoms with Gasteiger partial charge in [0.1, 0.15) is 0 Å². The molecule has 1 atom stereocenters. The van der Waals surface area contributed by atoms with Crippen LogP contribution in [0, 0.1) is 6.92 Å². The first-order valence-corrected chi connectivity index (χ1v) is 11.6. The molecule has 2 amide bonds. The zero-order valence-electron chi connectivity index (χ0n) is 17.2. The lowest BCUT2D eigenvalue weighted by Crippen LogP contribution is -2.29. The van der Waals surface area contributed by atoms with E-state index in [9.17, 15) is 18.0 Å². The van der Waals surface area contributed by atoms with Gasteiger partial charge in [-0.05, 0) is 48.7 Å². The van der Waals surface area contributed by atoms with Crippen molar-refractivity contribution in [3.8, 4) is 0 Å². The number of hydrogen-bond acceptors (Lipinski definition) is 4. The Morgan fingerprint density at radius 3 is 2.30 bits per heavy atom. The number of hydrogen-bond donors (Lipinski definition) is 3. The van der Waals surface area contributed by atoms with Gasteiger partial charge in [0.05, 0.1) is 23.9 Å². The van der Waals surface area contributed by atoms with Crippen molar-refractivity contribution >= 4 is 44.8 Å². The minimum Gasteiger partial charge on any atom is -0.349 e. The van der Waals surface area contributed by atoms with Gasteiger partial charge in [0, 0.05) is 17.6 Å². The summed E-state index contributed by atoms with van der Waals surface area (Å²) in [5.74, 6) is -0.561. The number of halogens is 1. The molecule has 0 spiro atoms. The predicted molar refractivity (Wildman–Crippen MR) is 120 cm³/mol. The van der Waals surface area contributed by atoms with Gasteiger partial charge in [0.15, 0.2) is 0 Å². The summed E-state index contributed by atoms with van der Waals surface area (Å²) >= 11 is 5.92. The van der Waals surface area contributed by atoms with Gasteiger partial charge in [-0.15, -0.1) is 0 Å². The number of sulfonamides is 1. The fraction of sp³-hybridized carbons (Fsp3) is 0.333. The first-order valence-electron chi connectivity index (χ1n) is 9.54. The predicted octanol–water partition coefficient (Wildman–Crippen LogP) is 4.01. The molecule has 0 saturated carbocycles. The smallest absolute Gasteiger partial charge is 0.232 e. The molecule has 0 heterocycles. The Labute approximate surface area is 182 Å². The molecule has 0 fully saturated rings. The van der Waals surface area contributed by atoms with Crippen molar-refractivity contribution < 1.29 is 18.0 Å². The average molecular weight is 452 g/mol. The van der Waals surface area contributed by atoms with Crippen LogP contribution in [0.25, 0.3) is 0 Å². The van der Waals surface area contributed by atoms with E-state index in [-0.39, 0.29) is 24.0 Å². The van der Waals surface area contributed by atoms with Gasteiger partial charge in [0.2, 0.25) is 21.8 Å². The van der Waals surface area contributed by atoms with Crippen LogP contribution in [0.15, 0.2) is 42.5 Å².